The number of hydrogen-bond acceptors (Lipinski definition) is 6. The standard InChI is InChI=1S/C22H24N4O5S/c27-19(24-13-15-2-1-9-23-12-15)17-5-6-18-21(29)25(10-11-26(18)20(17)28)14-22(7-8-22)32(30,31)16-3-4-16/h1-2,5-6,9,12,16H,3-4,7-8,10-11,13-14H2,(H,24,27). The Labute approximate surface area is 185 Å². The van der Waals surface area contributed by atoms with Crippen molar-refractivity contribution in [2.24, 2.45) is 0 Å². The highest BCUT2D eigenvalue weighted by molar-refractivity contribution is 7.94. The molecule has 3 heterocycles. The number of nitrogens with zero attached hydrogens (tertiary/aromatic N) is 3. The summed E-state index contributed by atoms with van der Waals surface area (Å²) < 4.78 is 26.1. The van der Waals surface area contributed by atoms with E-state index in [0.29, 0.717) is 25.7 Å². The smallest absolute Gasteiger partial charge is 0.270 e. The predicted molar refractivity (Wildman–Crippen MR) is 116 cm³/mol. The Bertz CT molecular complexity index is 1250. The lowest BCUT2D eigenvalue weighted by Crippen LogP contribution is -2.50. The third kappa shape index (κ3) is 3.52. The summed E-state index contributed by atoms with van der Waals surface area (Å²) in [6.45, 7) is 0.877. The molecule has 3 aliphatic rings. The van der Waals surface area contributed by atoms with Crippen LogP contribution in [0.5, 0.6) is 0 Å². The first kappa shape index (κ1) is 20.9. The molecule has 0 radical (unpaired) electrons. The van der Waals surface area contributed by atoms with Gasteiger partial charge in [-0.05, 0) is 49.4 Å². The number of fused-ring (bicyclic) bond motifs is 1. The first-order valence-corrected chi connectivity index (χ1v) is 12.3. The summed E-state index contributed by atoms with van der Waals surface area (Å²) in [6, 6.07) is 6.41. The van der Waals surface area contributed by atoms with Gasteiger partial charge in [-0.2, -0.15) is 0 Å². The van der Waals surface area contributed by atoms with Crippen molar-refractivity contribution in [3.63, 3.8) is 0 Å². The van der Waals surface area contributed by atoms with Crippen molar-refractivity contribution in [2.45, 2.75) is 48.8 Å². The minimum absolute atomic E-state index is 0.0335. The molecule has 32 heavy (non-hydrogen) atoms. The van der Waals surface area contributed by atoms with Gasteiger partial charge in [-0.1, -0.05) is 6.07 Å². The molecular formula is C22H24N4O5S. The van der Waals surface area contributed by atoms with Crippen LogP contribution >= 0.6 is 0 Å². The van der Waals surface area contributed by atoms with Crippen LogP contribution in [0.15, 0.2) is 41.5 Å². The molecule has 1 N–H and O–H groups in total. The van der Waals surface area contributed by atoms with E-state index in [2.05, 4.69) is 10.3 Å². The zero-order chi connectivity index (χ0) is 22.5. The molecule has 0 spiro atoms. The molecular weight excluding hydrogens is 432 g/mol. The van der Waals surface area contributed by atoms with Gasteiger partial charge in [0, 0.05) is 38.6 Å². The van der Waals surface area contributed by atoms with Crippen molar-refractivity contribution < 1.29 is 18.0 Å². The molecule has 2 fully saturated rings. The molecule has 5 rings (SSSR count). The lowest BCUT2D eigenvalue weighted by Gasteiger charge is -2.32. The largest absolute Gasteiger partial charge is 0.348 e. The molecule has 1 aliphatic heterocycles. The quantitative estimate of drug-likeness (QED) is 0.657. The van der Waals surface area contributed by atoms with Crippen LogP contribution in [-0.2, 0) is 22.9 Å². The van der Waals surface area contributed by atoms with E-state index in [0.717, 1.165) is 5.56 Å². The van der Waals surface area contributed by atoms with Crippen LogP contribution in [0, 0.1) is 0 Å². The van der Waals surface area contributed by atoms with Gasteiger partial charge in [0.15, 0.2) is 9.84 Å². The van der Waals surface area contributed by atoms with Crippen LogP contribution in [0.25, 0.3) is 0 Å². The number of carbonyl (C=O) groups is 2. The number of carbonyl (C=O) groups excluding carboxylic acids is 2. The Morgan fingerprint density at radius 1 is 1.16 bits per heavy atom. The average molecular weight is 457 g/mol. The number of pyridine rings is 2. The fourth-order valence-electron chi connectivity index (χ4n) is 4.33. The number of nitrogens with one attached hydrogen (secondary N) is 1. The minimum Gasteiger partial charge on any atom is -0.348 e. The van der Waals surface area contributed by atoms with Crippen LogP contribution in [0.3, 0.4) is 0 Å². The number of sulfone groups is 1. The van der Waals surface area contributed by atoms with Crippen molar-refractivity contribution in [1.29, 1.82) is 0 Å². The fraction of sp³-hybridized carbons (Fsp3) is 0.455. The minimum atomic E-state index is -3.23. The topological polar surface area (TPSA) is 118 Å². The van der Waals surface area contributed by atoms with Gasteiger partial charge in [0.05, 0.1) is 10.00 Å². The molecule has 2 aliphatic carbocycles. The first-order chi connectivity index (χ1) is 15.3. The zero-order valence-corrected chi connectivity index (χ0v) is 18.3. The summed E-state index contributed by atoms with van der Waals surface area (Å²) in [5, 5.41) is 2.44. The van der Waals surface area contributed by atoms with Crippen LogP contribution < -0.4 is 10.9 Å². The summed E-state index contributed by atoms with van der Waals surface area (Å²) in [7, 11) is -3.23. The van der Waals surface area contributed by atoms with Gasteiger partial charge in [-0.25, -0.2) is 8.42 Å². The molecule has 0 atom stereocenters. The Kier molecular flexibility index (Phi) is 4.92. The van der Waals surface area contributed by atoms with Crippen LogP contribution in [0.1, 0.15) is 52.1 Å². The lowest BCUT2D eigenvalue weighted by atomic mass is 10.1. The van der Waals surface area contributed by atoms with Crippen LogP contribution in [0.4, 0.5) is 0 Å². The summed E-state index contributed by atoms with van der Waals surface area (Å²) >= 11 is 0. The highest BCUT2D eigenvalue weighted by Gasteiger charge is 2.60. The summed E-state index contributed by atoms with van der Waals surface area (Å²) in [6.07, 6.45) is 5.85. The van der Waals surface area contributed by atoms with Gasteiger partial charge >= 0.3 is 0 Å². The number of rotatable bonds is 7. The maximum absolute atomic E-state index is 13.0. The second-order valence-corrected chi connectivity index (χ2v) is 11.4. The van der Waals surface area contributed by atoms with E-state index in [1.54, 1.807) is 23.4 Å². The second-order valence-electron chi connectivity index (χ2n) is 8.79. The summed E-state index contributed by atoms with van der Waals surface area (Å²) in [5.74, 6) is -0.885. The molecule has 2 aromatic heterocycles. The SMILES string of the molecule is O=C(NCc1cccnc1)c1ccc2n(c1=O)CCN(CC1(S(=O)(=O)C3CC3)CC1)C2=O. The number of hydrogen-bond donors (Lipinski definition) is 1. The molecule has 0 unspecified atom stereocenters. The summed E-state index contributed by atoms with van der Waals surface area (Å²) in [4.78, 5) is 44.0. The number of aromatic nitrogens is 2. The van der Waals surface area contributed by atoms with Gasteiger partial charge in [0.2, 0.25) is 0 Å². The highest BCUT2D eigenvalue weighted by atomic mass is 32.2. The normalized spacial score (nSPS) is 19.4. The van der Waals surface area contributed by atoms with Crippen LogP contribution in [0.2, 0.25) is 0 Å². The Morgan fingerprint density at radius 3 is 2.59 bits per heavy atom. The Balaban J connectivity index is 1.32. The molecule has 10 heteroatoms. The molecule has 0 aromatic carbocycles. The van der Waals surface area contributed by atoms with Gasteiger partial charge in [0.25, 0.3) is 17.4 Å². The predicted octanol–water partition coefficient (Wildman–Crippen LogP) is 0.739. The molecule has 0 bridgehead atoms. The maximum atomic E-state index is 13.0. The summed E-state index contributed by atoms with van der Waals surface area (Å²) in [5.41, 5.74) is 0.435. The van der Waals surface area contributed by atoms with E-state index in [9.17, 15) is 22.8 Å². The molecule has 9 nitrogen and oxygen atoms in total. The molecule has 2 amide bonds. The fourth-order valence-corrected chi connectivity index (χ4v) is 6.80. The van der Waals surface area contributed by atoms with Gasteiger partial charge in [-0.3, -0.25) is 19.4 Å². The third-order valence-electron chi connectivity index (χ3n) is 6.55. The van der Waals surface area contributed by atoms with Gasteiger partial charge in [-0.15, -0.1) is 0 Å². The van der Waals surface area contributed by atoms with Crippen LogP contribution in [-0.4, -0.2) is 57.8 Å². The highest BCUT2D eigenvalue weighted by Crippen LogP contribution is 2.50. The second kappa shape index (κ2) is 7.54. The van der Waals surface area contributed by atoms with Crippen molar-refractivity contribution in [1.82, 2.24) is 19.8 Å². The maximum Gasteiger partial charge on any atom is 0.270 e. The van der Waals surface area contributed by atoms with Crippen molar-refractivity contribution in [2.75, 3.05) is 13.1 Å². The first-order valence-electron chi connectivity index (χ1n) is 10.8. The van der Waals surface area contributed by atoms with E-state index >= 15 is 0 Å². The Hall–Kier alpha value is -3.01. The molecule has 168 valence electrons. The van der Waals surface area contributed by atoms with E-state index in [4.69, 9.17) is 0 Å². The van der Waals surface area contributed by atoms with Crippen molar-refractivity contribution in [3.05, 3.63) is 63.8 Å². The lowest BCUT2D eigenvalue weighted by molar-refractivity contribution is 0.0695. The van der Waals surface area contributed by atoms with E-state index < -0.39 is 26.1 Å². The van der Waals surface area contributed by atoms with Gasteiger partial charge < -0.3 is 14.8 Å². The molecule has 0 saturated heterocycles. The van der Waals surface area contributed by atoms with Crippen molar-refractivity contribution in [3.8, 4) is 0 Å². The average Bonchev–Trinajstić information content (AvgIpc) is 3.69. The molecule has 2 saturated carbocycles. The van der Waals surface area contributed by atoms with Gasteiger partial charge in [0.1, 0.15) is 11.3 Å². The van der Waals surface area contributed by atoms with Crippen molar-refractivity contribution >= 4 is 21.7 Å². The van der Waals surface area contributed by atoms with E-state index in [1.165, 1.54) is 16.7 Å². The molecule has 2 aromatic rings. The van der Waals surface area contributed by atoms with E-state index in [1.807, 2.05) is 6.07 Å². The van der Waals surface area contributed by atoms with E-state index in [-0.39, 0.29) is 48.6 Å². The number of amides is 2. The monoisotopic (exact) mass is 456 g/mol. The zero-order valence-electron chi connectivity index (χ0n) is 17.5. The Morgan fingerprint density at radius 2 is 1.94 bits per heavy atom. The third-order valence-corrected chi connectivity index (χ3v) is 9.64.